The summed E-state index contributed by atoms with van der Waals surface area (Å²) in [7, 11) is -3.32. The number of rotatable bonds is 4. The smallest absolute Gasteiger partial charge is 0.256 e. The first-order valence-electron chi connectivity index (χ1n) is 8.03. The number of pyridine rings is 1. The quantitative estimate of drug-likeness (QED) is 0.800. The van der Waals surface area contributed by atoms with Crippen molar-refractivity contribution in [3.05, 3.63) is 59.5 Å². The Morgan fingerprint density at radius 3 is 2.77 bits per heavy atom. The minimum atomic E-state index is -3.32. The summed E-state index contributed by atoms with van der Waals surface area (Å²) in [6.45, 7) is 0.659. The summed E-state index contributed by atoms with van der Waals surface area (Å²) in [6.07, 6.45) is 1.61. The van der Waals surface area contributed by atoms with Gasteiger partial charge in [-0.15, -0.1) is 11.8 Å². The van der Waals surface area contributed by atoms with E-state index in [2.05, 4.69) is 9.71 Å². The normalized spacial score (nSPS) is 16.9. The molecule has 1 aliphatic rings. The van der Waals surface area contributed by atoms with E-state index in [1.54, 1.807) is 30.5 Å². The van der Waals surface area contributed by atoms with Gasteiger partial charge < -0.3 is 4.90 Å². The average molecular weight is 395 g/mol. The molecule has 26 heavy (non-hydrogen) atoms. The number of carbonyl (C=O) groups excluding carboxylic acids is 1. The highest BCUT2D eigenvalue weighted by atomic mass is 32.2. The highest BCUT2D eigenvalue weighted by molar-refractivity contribution is 7.98. The van der Waals surface area contributed by atoms with Crippen LogP contribution in [0.15, 0.2) is 47.6 Å². The molecule has 0 atom stereocenters. The lowest BCUT2D eigenvalue weighted by Gasteiger charge is -2.20. The molecule has 0 radical (unpaired) electrons. The van der Waals surface area contributed by atoms with Crippen molar-refractivity contribution in [3.63, 3.8) is 0 Å². The Hall–Kier alpha value is -1.97. The Balaban J connectivity index is 1.73. The van der Waals surface area contributed by atoms with Gasteiger partial charge in [-0.1, -0.05) is 12.1 Å². The summed E-state index contributed by atoms with van der Waals surface area (Å²) in [6, 6.07) is 9.55. The van der Waals surface area contributed by atoms with Crippen molar-refractivity contribution in [1.29, 1.82) is 0 Å². The molecule has 1 N–H and O–H groups in total. The summed E-state index contributed by atoms with van der Waals surface area (Å²) in [5, 5.41) is 0.571. The number of aromatic nitrogens is 1. The summed E-state index contributed by atoms with van der Waals surface area (Å²) >= 11 is 1.39. The number of amides is 1. The van der Waals surface area contributed by atoms with E-state index in [9.17, 15) is 17.6 Å². The van der Waals surface area contributed by atoms with Gasteiger partial charge in [-0.3, -0.25) is 4.79 Å². The van der Waals surface area contributed by atoms with E-state index in [0.29, 0.717) is 22.9 Å². The van der Waals surface area contributed by atoms with Crippen LogP contribution in [0.3, 0.4) is 0 Å². The second kappa shape index (κ2) is 8.15. The second-order valence-corrected chi connectivity index (χ2v) is 8.67. The number of carbonyl (C=O) groups is 1. The lowest BCUT2D eigenvalue weighted by Crippen LogP contribution is -2.35. The lowest BCUT2D eigenvalue weighted by atomic mass is 10.2. The zero-order valence-electron chi connectivity index (χ0n) is 13.9. The highest BCUT2D eigenvalue weighted by Gasteiger charge is 2.24. The Morgan fingerprint density at radius 2 is 2.00 bits per heavy atom. The molecule has 0 aliphatic carbocycles. The fraction of sp³-hybridized carbons (Fsp3) is 0.294. The number of hydrogen-bond donors (Lipinski definition) is 1. The molecule has 6 nitrogen and oxygen atoms in total. The third-order valence-electron chi connectivity index (χ3n) is 3.91. The van der Waals surface area contributed by atoms with Gasteiger partial charge in [0.15, 0.2) is 0 Å². The Bertz CT molecular complexity index is 888. The van der Waals surface area contributed by atoms with E-state index in [1.165, 1.54) is 28.8 Å². The molecule has 0 saturated carbocycles. The largest absolute Gasteiger partial charge is 0.336 e. The zero-order valence-corrected chi connectivity index (χ0v) is 15.5. The fourth-order valence-electron chi connectivity index (χ4n) is 2.52. The van der Waals surface area contributed by atoms with Crippen LogP contribution >= 0.6 is 11.8 Å². The van der Waals surface area contributed by atoms with Crippen molar-refractivity contribution >= 4 is 27.7 Å². The first-order valence-corrected chi connectivity index (χ1v) is 10.7. The second-order valence-electron chi connectivity index (χ2n) is 5.78. The van der Waals surface area contributed by atoms with Crippen molar-refractivity contribution in [1.82, 2.24) is 14.6 Å². The van der Waals surface area contributed by atoms with Crippen LogP contribution in [0, 0.1) is 5.82 Å². The predicted molar refractivity (Wildman–Crippen MR) is 97.9 cm³/mol. The molecule has 3 rings (SSSR count). The summed E-state index contributed by atoms with van der Waals surface area (Å²) in [5.74, 6) is -0.0966. The van der Waals surface area contributed by atoms with Crippen molar-refractivity contribution in [3.8, 4) is 0 Å². The summed E-state index contributed by atoms with van der Waals surface area (Å²) in [4.78, 5) is 18.7. The molecule has 1 aromatic carbocycles. The Kier molecular flexibility index (Phi) is 5.90. The SMILES string of the molecule is O=C(c1cccnc1SCc1ccc(F)cc1)N1CCNS(=O)(=O)CC1. The molecule has 2 heterocycles. The summed E-state index contributed by atoms with van der Waals surface area (Å²) < 4.78 is 38.7. The molecular formula is C17H18FN3O3S2. The van der Waals surface area contributed by atoms with Gasteiger partial charge in [0, 0.05) is 31.6 Å². The topological polar surface area (TPSA) is 79.4 Å². The van der Waals surface area contributed by atoms with E-state index in [1.807, 2.05) is 0 Å². The Labute approximate surface area is 155 Å². The van der Waals surface area contributed by atoms with Crippen molar-refractivity contribution in [2.45, 2.75) is 10.8 Å². The van der Waals surface area contributed by atoms with E-state index in [0.717, 1.165) is 5.56 Å². The molecule has 1 saturated heterocycles. The van der Waals surface area contributed by atoms with E-state index < -0.39 is 10.0 Å². The van der Waals surface area contributed by atoms with Crippen molar-refractivity contribution < 1.29 is 17.6 Å². The van der Waals surface area contributed by atoms with Crippen LogP contribution in [0.2, 0.25) is 0 Å². The number of nitrogens with one attached hydrogen (secondary N) is 1. The highest BCUT2D eigenvalue weighted by Crippen LogP contribution is 2.25. The van der Waals surface area contributed by atoms with Gasteiger partial charge in [0.05, 0.1) is 11.3 Å². The van der Waals surface area contributed by atoms with Crippen LogP contribution in [-0.2, 0) is 15.8 Å². The molecule has 9 heteroatoms. The Morgan fingerprint density at radius 1 is 1.23 bits per heavy atom. The standard InChI is InChI=1S/C17H18FN3O3S2/c18-14-5-3-13(4-6-14)12-25-16-15(2-1-7-19-16)17(22)21-9-8-20-26(23,24)11-10-21/h1-7,20H,8-12H2. The van der Waals surface area contributed by atoms with Crippen LogP contribution in [0.5, 0.6) is 0 Å². The number of sulfonamides is 1. The van der Waals surface area contributed by atoms with Gasteiger partial charge in [0.2, 0.25) is 10.0 Å². The van der Waals surface area contributed by atoms with Gasteiger partial charge >= 0.3 is 0 Å². The van der Waals surface area contributed by atoms with Gasteiger partial charge in [0.1, 0.15) is 10.8 Å². The first-order chi connectivity index (χ1) is 12.4. The van der Waals surface area contributed by atoms with E-state index >= 15 is 0 Å². The van der Waals surface area contributed by atoms with Crippen LogP contribution in [0.25, 0.3) is 0 Å². The molecule has 2 aromatic rings. The van der Waals surface area contributed by atoms with Crippen molar-refractivity contribution in [2.24, 2.45) is 0 Å². The van der Waals surface area contributed by atoms with Crippen molar-refractivity contribution in [2.75, 3.05) is 25.4 Å². The van der Waals surface area contributed by atoms with E-state index in [-0.39, 0.29) is 30.6 Å². The number of nitrogens with zero attached hydrogens (tertiary/aromatic N) is 2. The minimum Gasteiger partial charge on any atom is -0.336 e. The van der Waals surface area contributed by atoms with Gasteiger partial charge in [-0.05, 0) is 29.8 Å². The molecule has 1 amide bonds. The maximum Gasteiger partial charge on any atom is 0.256 e. The monoisotopic (exact) mass is 395 g/mol. The number of hydrogen-bond acceptors (Lipinski definition) is 5. The van der Waals surface area contributed by atoms with Crippen LogP contribution < -0.4 is 4.72 Å². The number of halogens is 1. The maximum absolute atomic E-state index is 13.0. The molecule has 0 unspecified atom stereocenters. The van der Waals surface area contributed by atoms with Gasteiger partial charge in [0.25, 0.3) is 5.91 Å². The van der Waals surface area contributed by atoms with Gasteiger partial charge in [-0.2, -0.15) is 0 Å². The third-order valence-corrected chi connectivity index (χ3v) is 6.35. The van der Waals surface area contributed by atoms with Crippen LogP contribution in [0.4, 0.5) is 4.39 Å². The fourth-order valence-corrected chi connectivity index (χ4v) is 4.47. The zero-order chi connectivity index (χ0) is 18.6. The molecule has 0 bridgehead atoms. The van der Waals surface area contributed by atoms with Crippen LogP contribution in [-0.4, -0.2) is 49.6 Å². The molecule has 138 valence electrons. The summed E-state index contributed by atoms with van der Waals surface area (Å²) in [5.41, 5.74) is 1.37. The van der Waals surface area contributed by atoms with E-state index in [4.69, 9.17) is 0 Å². The molecule has 1 aromatic heterocycles. The molecule has 1 fully saturated rings. The van der Waals surface area contributed by atoms with Gasteiger partial charge in [-0.25, -0.2) is 22.5 Å². The lowest BCUT2D eigenvalue weighted by molar-refractivity contribution is 0.0767. The first kappa shape index (κ1) is 18.8. The number of benzene rings is 1. The maximum atomic E-state index is 13.0. The average Bonchev–Trinajstić information content (AvgIpc) is 2.81. The van der Waals surface area contributed by atoms with Crippen LogP contribution in [0.1, 0.15) is 15.9 Å². The molecule has 0 spiro atoms. The minimum absolute atomic E-state index is 0.114. The number of thioether (sulfide) groups is 1. The predicted octanol–water partition coefficient (Wildman–Crippen LogP) is 1.89. The molecular weight excluding hydrogens is 377 g/mol. The third kappa shape index (κ3) is 4.80. The molecule has 1 aliphatic heterocycles.